The highest BCUT2D eigenvalue weighted by atomic mass is 19.4. The Hall–Kier alpha value is -1.53. The Kier molecular flexibility index (Phi) is 2.62. The topological polar surface area (TPSA) is 55.1 Å². The van der Waals surface area contributed by atoms with Crippen molar-refractivity contribution in [1.29, 1.82) is 0 Å². The zero-order valence-corrected chi connectivity index (χ0v) is 10.1. The van der Waals surface area contributed by atoms with Crippen LogP contribution in [0.3, 0.4) is 0 Å². The molecule has 2 aliphatic rings. The van der Waals surface area contributed by atoms with Crippen LogP contribution in [-0.4, -0.2) is 10.9 Å². The maximum Gasteiger partial charge on any atom is 0.436 e. The van der Waals surface area contributed by atoms with Gasteiger partial charge in [0.1, 0.15) is 6.26 Å². The second kappa shape index (κ2) is 3.98. The first-order valence-corrected chi connectivity index (χ1v) is 6.24. The standard InChI is InChI=1S/C12H13F3N2O2/c13-12(14,15)8-6-19-10(16-8)17-9(18)7-5-11(7)3-1-2-4-11/h6-7H,1-5H2,(H,16,17,18). The van der Waals surface area contributed by atoms with Crippen molar-refractivity contribution in [2.24, 2.45) is 11.3 Å². The van der Waals surface area contributed by atoms with Crippen molar-refractivity contribution < 1.29 is 22.4 Å². The van der Waals surface area contributed by atoms with E-state index in [2.05, 4.69) is 14.7 Å². The molecule has 1 unspecified atom stereocenters. The van der Waals surface area contributed by atoms with Crippen LogP contribution >= 0.6 is 0 Å². The Morgan fingerprint density at radius 2 is 2.11 bits per heavy atom. The van der Waals surface area contributed by atoms with Crippen molar-refractivity contribution in [3.63, 3.8) is 0 Å². The summed E-state index contributed by atoms with van der Waals surface area (Å²) in [5.74, 6) is -0.381. The van der Waals surface area contributed by atoms with Crippen molar-refractivity contribution in [2.75, 3.05) is 5.32 Å². The Morgan fingerprint density at radius 3 is 2.68 bits per heavy atom. The molecule has 19 heavy (non-hydrogen) atoms. The third-order valence-corrected chi connectivity index (χ3v) is 4.13. The van der Waals surface area contributed by atoms with Crippen LogP contribution in [0.4, 0.5) is 19.2 Å². The normalized spacial score (nSPS) is 24.7. The Morgan fingerprint density at radius 1 is 1.42 bits per heavy atom. The molecule has 1 spiro atoms. The quantitative estimate of drug-likeness (QED) is 0.900. The van der Waals surface area contributed by atoms with Crippen LogP contribution in [0.5, 0.6) is 0 Å². The van der Waals surface area contributed by atoms with E-state index in [1.54, 1.807) is 0 Å². The second-order valence-corrected chi connectivity index (χ2v) is 5.35. The molecule has 1 atom stereocenters. The predicted molar refractivity (Wildman–Crippen MR) is 59.1 cm³/mol. The van der Waals surface area contributed by atoms with E-state index in [0.717, 1.165) is 32.1 Å². The molecule has 1 aromatic rings. The first kappa shape index (κ1) is 12.5. The highest BCUT2D eigenvalue weighted by Crippen LogP contribution is 2.63. The van der Waals surface area contributed by atoms with Crippen molar-refractivity contribution >= 4 is 11.9 Å². The summed E-state index contributed by atoms with van der Waals surface area (Å²) in [6.45, 7) is 0. The number of nitrogens with one attached hydrogen (secondary N) is 1. The molecule has 1 N–H and O–H groups in total. The van der Waals surface area contributed by atoms with Crippen LogP contribution in [0.15, 0.2) is 10.7 Å². The average molecular weight is 274 g/mol. The number of hydrogen-bond donors (Lipinski definition) is 1. The molecule has 7 heteroatoms. The average Bonchev–Trinajstić information content (AvgIpc) is 2.68. The first-order chi connectivity index (χ1) is 8.91. The van der Waals surface area contributed by atoms with Crippen molar-refractivity contribution in [3.05, 3.63) is 12.0 Å². The highest BCUT2D eigenvalue weighted by Gasteiger charge is 2.58. The van der Waals surface area contributed by atoms with E-state index >= 15 is 0 Å². The molecule has 2 saturated carbocycles. The van der Waals surface area contributed by atoms with Crippen LogP contribution in [-0.2, 0) is 11.0 Å². The van der Waals surface area contributed by atoms with Crippen LogP contribution in [0.1, 0.15) is 37.8 Å². The molecule has 0 bridgehead atoms. The van der Waals surface area contributed by atoms with E-state index < -0.39 is 11.9 Å². The van der Waals surface area contributed by atoms with E-state index in [0.29, 0.717) is 6.26 Å². The summed E-state index contributed by atoms with van der Waals surface area (Å²) in [5, 5.41) is 2.33. The maximum atomic E-state index is 12.3. The van der Waals surface area contributed by atoms with Gasteiger partial charge in [-0.25, -0.2) is 0 Å². The van der Waals surface area contributed by atoms with Crippen LogP contribution in [0.2, 0.25) is 0 Å². The molecule has 0 aliphatic heterocycles. The molecule has 0 radical (unpaired) electrons. The fourth-order valence-corrected chi connectivity index (χ4v) is 3.00. The number of amides is 1. The Balaban J connectivity index is 1.63. The Labute approximate surface area is 107 Å². The molecule has 3 rings (SSSR count). The molecule has 1 aromatic heterocycles. The minimum absolute atomic E-state index is 0.101. The monoisotopic (exact) mass is 274 g/mol. The summed E-state index contributed by atoms with van der Waals surface area (Å²) < 4.78 is 41.6. The number of halogens is 3. The van der Waals surface area contributed by atoms with Gasteiger partial charge in [-0.2, -0.15) is 18.2 Å². The highest BCUT2D eigenvalue weighted by molar-refractivity contribution is 5.93. The summed E-state index contributed by atoms with van der Waals surface area (Å²) in [6.07, 6.45) is 1.09. The van der Waals surface area contributed by atoms with Gasteiger partial charge >= 0.3 is 12.2 Å². The molecule has 104 valence electrons. The van der Waals surface area contributed by atoms with Gasteiger partial charge in [-0.15, -0.1) is 0 Å². The number of alkyl halides is 3. The molecular formula is C12H13F3N2O2. The van der Waals surface area contributed by atoms with Gasteiger partial charge in [0.25, 0.3) is 0 Å². The molecule has 1 amide bonds. The van der Waals surface area contributed by atoms with Gasteiger partial charge in [0, 0.05) is 5.92 Å². The smallest absolute Gasteiger partial charge is 0.431 e. The van der Waals surface area contributed by atoms with E-state index in [1.165, 1.54) is 0 Å². The molecule has 0 aromatic carbocycles. The van der Waals surface area contributed by atoms with E-state index in [4.69, 9.17) is 0 Å². The third-order valence-electron chi connectivity index (χ3n) is 4.13. The number of oxazole rings is 1. The van der Waals surface area contributed by atoms with Gasteiger partial charge in [-0.05, 0) is 24.7 Å². The molecule has 4 nitrogen and oxygen atoms in total. The van der Waals surface area contributed by atoms with Crippen molar-refractivity contribution in [2.45, 2.75) is 38.3 Å². The van der Waals surface area contributed by atoms with E-state index in [9.17, 15) is 18.0 Å². The molecule has 0 saturated heterocycles. The lowest BCUT2D eigenvalue weighted by Gasteiger charge is -2.06. The second-order valence-electron chi connectivity index (χ2n) is 5.35. The first-order valence-electron chi connectivity index (χ1n) is 6.24. The minimum Gasteiger partial charge on any atom is -0.431 e. The molecule has 2 fully saturated rings. The summed E-state index contributed by atoms with van der Waals surface area (Å²) in [7, 11) is 0. The largest absolute Gasteiger partial charge is 0.436 e. The van der Waals surface area contributed by atoms with Gasteiger partial charge in [-0.1, -0.05) is 12.8 Å². The summed E-state index contributed by atoms with van der Waals surface area (Å²) in [5.41, 5.74) is -1.03. The number of aromatic nitrogens is 1. The predicted octanol–water partition coefficient (Wildman–Crippen LogP) is 3.21. The van der Waals surface area contributed by atoms with Gasteiger partial charge in [-0.3, -0.25) is 10.1 Å². The van der Waals surface area contributed by atoms with Crippen LogP contribution in [0.25, 0.3) is 0 Å². The minimum atomic E-state index is -4.56. The van der Waals surface area contributed by atoms with Crippen LogP contribution in [0, 0.1) is 11.3 Å². The van der Waals surface area contributed by atoms with Crippen molar-refractivity contribution in [3.8, 4) is 0 Å². The third kappa shape index (κ3) is 2.21. The summed E-state index contributed by atoms with van der Waals surface area (Å²) in [6, 6.07) is -0.377. The number of anilines is 1. The molecule has 2 aliphatic carbocycles. The van der Waals surface area contributed by atoms with Gasteiger partial charge in [0.15, 0.2) is 5.69 Å². The zero-order chi connectivity index (χ0) is 13.7. The SMILES string of the molecule is O=C(Nc1nc(C(F)(F)F)co1)C1CC12CCCC2. The number of rotatable bonds is 2. The van der Waals surface area contributed by atoms with Gasteiger partial charge in [0.05, 0.1) is 0 Å². The maximum absolute atomic E-state index is 12.3. The lowest BCUT2D eigenvalue weighted by atomic mass is 10.0. The zero-order valence-electron chi connectivity index (χ0n) is 10.1. The fraction of sp³-hybridized carbons (Fsp3) is 0.667. The number of carbonyl (C=O) groups excluding carboxylic acids is 1. The van der Waals surface area contributed by atoms with Gasteiger partial charge < -0.3 is 4.42 Å². The van der Waals surface area contributed by atoms with E-state index in [-0.39, 0.29) is 23.3 Å². The number of carbonyl (C=O) groups is 1. The number of hydrogen-bond acceptors (Lipinski definition) is 3. The fourth-order valence-electron chi connectivity index (χ4n) is 3.00. The van der Waals surface area contributed by atoms with Crippen LogP contribution < -0.4 is 5.32 Å². The summed E-state index contributed by atoms with van der Waals surface area (Å²) >= 11 is 0. The number of nitrogens with zero attached hydrogens (tertiary/aromatic N) is 1. The lowest BCUT2D eigenvalue weighted by Crippen LogP contribution is -2.18. The molecular weight excluding hydrogens is 261 g/mol. The Bertz CT molecular complexity index is 503. The molecule has 1 heterocycles. The van der Waals surface area contributed by atoms with E-state index in [1.807, 2.05) is 0 Å². The van der Waals surface area contributed by atoms with Crippen molar-refractivity contribution in [1.82, 2.24) is 4.98 Å². The summed E-state index contributed by atoms with van der Waals surface area (Å²) in [4.78, 5) is 15.1. The lowest BCUT2D eigenvalue weighted by molar-refractivity contribution is -0.141. The van der Waals surface area contributed by atoms with Gasteiger partial charge in [0.2, 0.25) is 5.91 Å².